The van der Waals surface area contributed by atoms with E-state index in [0.29, 0.717) is 18.1 Å². The van der Waals surface area contributed by atoms with Crippen LogP contribution >= 0.6 is 0 Å². The summed E-state index contributed by atoms with van der Waals surface area (Å²) in [5.74, 6) is 0.513. The van der Waals surface area contributed by atoms with E-state index in [4.69, 9.17) is 0 Å². The van der Waals surface area contributed by atoms with Crippen molar-refractivity contribution in [3.63, 3.8) is 0 Å². The zero-order valence-electron chi connectivity index (χ0n) is 11.6. The van der Waals surface area contributed by atoms with Gasteiger partial charge in [0, 0.05) is 13.1 Å². The zero-order chi connectivity index (χ0) is 13.6. The average molecular weight is 250 g/mol. The zero-order valence-corrected chi connectivity index (χ0v) is 11.6. The molecule has 0 aliphatic rings. The fourth-order valence-corrected chi connectivity index (χ4v) is 1.37. The van der Waals surface area contributed by atoms with Gasteiger partial charge in [0.15, 0.2) is 5.69 Å². The molecule has 0 aliphatic heterocycles. The molecule has 1 aromatic rings. The molecule has 100 valence electrons. The Morgan fingerprint density at radius 1 is 1.28 bits per heavy atom. The van der Waals surface area contributed by atoms with Gasteiger partial charge in [-0.2, -0.15) is 0 Å². The van der Waals surface area contributed by atoms with Crippen LogP contribution in [-0.4, -0.2) is 29.2 Å². The lowest BCUT2D eigenvalue weighted by atomic mass is 9.92. The molecule has 1 rings (SSSR count). The highest BCUT2D eigenvalue weighted by atomic mass is 16.1. The Kier molecular flexibility index (Phi) is 5.07. The quantitative estimate of drug-likeness (QED) is 0.839. The van der Waals surface area contributed by atoms with E-state index in [-0.39, 0.29) is 11.3 Å². The van der Waals surface area contributed by atoms with Crippen molar-refractivity contribution in [1.29, 1.82) is 0 Å². The minimum Gasteiger partial charge on any atom is -0.369 e. The summed E-state index contributed by atoms with van der Waals surface area (Å²) in [6.07, 6.45) is 0.932. The standard InChI is InChI=1S/C13H22N4O/c1-5-14-11-7-6-10(16-17-11)12(18)15-9-8-13(2,3)4/h6-7H,5,8-9H2,1-4H3,(H,14,17)(H,15,18). The predicted octanol–water partition coefficient (Wildman–Crippen LogP) is 2.07. The summed E-state index contributed by atoms with van der Waals surface area (Å²) >= 11 is 0. The first-order valence-electron chi connectivity index (χ1n) is 6.28. The van der Waals surface area contributed by atoms with Gasteiger partial charge in [0.25, 0.3) is 5.91 Å². The minimum atomic E-state index is -0.171. The number of carbonyl (C=O) groups excluding carboxylic acids is 1. The van der Waals surface area contributed by atoms with Gasteiger partial charge in [0.2, 0.25) is 0 Å². The Morgan fingerprint density at radius 2 is 2.00 bits per heavy atom. The smallest absolute Gasteiger partial charge is 0.271 e. The molecule has 0 unspecified atom stereocenters. The highest BCUT2D eigenvalue weighted by molar-refractivity contribution is 5.92. The lowest BCUT2D eigenvalue weighted by molar-refractivity contribution is 0.0943. The number of hydrogen-bond donors (Lipinski definition) is 2. The SMILES string of the molecule is CCNc1ccc(C(=O)NCCC(C)(C)C)nn1. The van der Waals surface area contributed by atoms with E-state index >= 15 is 0 Å². The van der Waals surface area contributed by atoms with Crippen molar-refractivity contribution in [2.45, 2.75) is 34.1 Å². The molecule has 0 fully saturated rings. The van der Waals surface area contributed by atoms with Gasteiger partial charge in [-0.1, -0.05) is 20.8 Å². The molecule has 1 amide bonds. The van der Waals surface area contributed by atoms with E-state index in [1.165, 1.54) is 0 Å². The van der Waals surface area contributed by atoms with E-state index in [1.54, 1.807) is 12.1 Å². The van der Waals surface area contributed by atoms with E-state index in [2.05, 4.69) is 41.6 Å². The molecule has 5 nitrogen and oxygen atoms in total. The van der Waals surface area contributed by atoms with Gasteiger partial charge in [-0.15, -0.1) is 10.2 Å². The molecule has 18 heavy (non-hydrogen) atoms. The van der Waals surface area contributed by atoms with Gasteiger partial charge in [0.1, 0.15) is 5.82 Å². The monoisotopic (exact) mass is 250 g/mol. The average Bonchev–Trinajstić information content (AvgIpc) is 2.28. The van der Waals surface area contributed by atoms with Crippen molar-refractivity contribution in [3.05, 3.63) is 17.8 Å². The highest BCUT2D eigenvalue weighted by Gasteiger charge is 2.12. The molecule has 0 aromatic carbocycles. The van der Waals surface area contributed by atoms with Crippen LogP contribution < -0.4 is 10.6 Å². The summed E-state index contributed by atoms with van der Waals surface area (Å²) in [5.41, 5.74) is 0.569. The summed E-state index contributed by atoms with van der Waals surface area (Å²) in [5, 5.41) is 13.7. The summed E-state index contributed by atoms with van der Waals surface area (Å²) < 4.78 is 0. The molecule has 0 spiro atoms. The maximum atomic E-state index is 11.8. The fourth-order valence-electron chi connectivity index (χ4n) is 1.37. The second kappa shape index (κ2) is 6.33. The van der Waals surface area contributed by atoms with Crippen LogP contribution in [0.4, 0.5) is 5.82 Å². The summed E-state index contributed by atoms with van der Waals surface area (Å²) in [4.78, 5) is 11.8. The Hall–Kier alpha value is -1.65. The third-order valence-electron chi connectivity index (χ3n) is 2.42. The third kappa shape index (κ3) is 5.12. The number of aromatic nitrogens is 2. The predicted molar refractivity (Wildman–Crippen MR) is 72.6 cm³/mol. The van der Waals surface area contributed by atoms with Crippen LogP contribution in [0.3, 0.4) is 0 Å². The molecule has 0 radical (unpaired) electrons. The van der Waals surface area contributed by atoms with Crippen LogP contribution in [0.2, 0.25) is 0 Å². The highest BCUT2D eigenvalue weighted by Crippen LogP contribution is 2.16. The molecular formula is C13H22N4O. The van der Waals surface area contributed by atoms with Gasteiger partial charge in [-0.05, 0) is 30.9 Å². The fraction of sp³-hybridized carbons (Fsp3) is 0.615. The van der Waals surface area contributed by atoms with Crippen LogP contribution in [0.15, 0.2) is 12.1 Å². The Bertz CT molecular complexity index is 381. The number of amides is 1. The van der Waals surface area contributed by atoms with E-state index in [1.807, 2.05) is 6.92 Å². The number of rotatable bonds is 5. The molecule has 0 atom stereocenters. The Labute approximate surface area is 108 Å². The van der Waals surface area contributed by atoms with Crippen LogP contribution in [0.1, 0.15) is 44.6 Å². The van der Waals surface area contributed by atoms with E-state index < -0.39 is 0 Å². The number of nitrogens with one attached hydrogen (secondary N) is 2. The van der Waals surface area contributed by atoms with Crippen molar-refractivity contribution in [3.8, 4) is 0 Å². The molecular weight excluding hydrogens is 228 g/mol. The second-order valence-electron chi connectivity index (χ2n) is 5.40. The number of nitrogens with zero attached hydrogens (tertiary/aromatic N) is 2. The van der Waals surface area contributed by atoms with Crippen molar-refractivity contribution in [2.24, 2.45) is 5.41 Å². The van der Waals surface area contributed by atoms with Gasteiger partial charge < -0.3 is 10.6 Å². The van der Waals surface area contributed by atoms with Crippen molar-refractivity contribution in [2.75, 3.05) is 18.4 Å². The summed E-state index contributed by atoms with van der Waals surface area (Å²) in [7, 11) is 0. The second-order valence-corrected chi connectivity index (χ2v) is 5.40. The summed E-state index contributed by atoms with van der Waals surface area (Å²) in [6.45, 7) is 9.85. The molecule has 1 heterocycles. The molecule has 5 heteroatoms. The van der Waals surface area contributed by atoms with Gasteiger partial charge in [-0.3, -0.25) is 4.79 Å². The van der Waals surface area contributed by atoms with Crippen LogP contribution in [0.25, 0.3) is 0 Å². The minimum absolute atomic E-state index is 0.171. The largest absolute Gasteiger partial charge is 0.369 e. The van der Waals surface area contributed by atoms with Gasteiger partial charge in [-0.25, -0.2) is 0 Å². The molecule has 0 saturated heterocycles. The number of carbonyl (C=O) groups is 1. The molecule has 2 N–H and O–H groups in total. The lowest BCUT2D eigenvalue weighted by Crippen LogP contribution is -2.28. The molecule has 1 aromatic heterocycles. The topological polar surface area (TPSA) is 66.9 Å². The van der Waals surface area contributed by atoms with Crippen molar-refractivity contribution in [1.82, 2.24) is 15.5 Å². The first-order valence-corrected chi connectivity index (χ1v) is 6.28. The molecule has 0 saturated carbocycles. The number of hydrogen-bond acceptors (Lipinski definition) is 4. The van der Waals surface area contributed by atoms with E-state index in [0.717, 1.165) is 13.0 Å². The normalized spacial score (nSPS) is 11.1. The summed E-state index contributed by atoms with van der Waals surface area (Å²) in [6, 6.07) is 3.44. The third-order valence-corrected chi connectivity index (χ3v) is 2.42. The number of anilines is 1. The van der Waals surface area contributed by atoms with Crippen LogP contribution in [-0.2, 0) is 0 Å². The van der Waals surface area contributed by atoms with E-state index in [9.17, 15) is 4.79 Å². The maximum absolute atomic E-state index is 11.8. The maximum Gasteiger partial charge on any atom is 0.271 e. The first kappa shape index (κ1) is 14.4. The molecule has 0 aliphatic carbocycles. The van der Waals surface area contributed by atoms with Crippen molar-refractivity contribution >= 4 is 11.7 Å². The van der Waals surface area contributed by atoms with Gasteiger partial charge in [0.05, 0.1) is 0 Å². The van der Waals surface area contributed by atoms with Crippen molar-refractivity contribution < 1.29 is 4.79 Å². The van der Waals surface area contributed by atoms with Crippen LogP contribution in [0.5, 0.6) is 0 Å². The van der Waals surface area contributed by atoms with Crippen LogP contribution in [0, 0.1) is 5.41 Å². The lowest BCUT2D eigenvalue weighted by Gasteiger charge is -2.17. The first-order chi connectivity index (χ1) is 8.42. The van der Waals surface area contributed by atoms with Gasteiger partial charge >= 0.3 is 0 Å². The Morgan fingerprint density at radius 3 is 2.50 bits per heavy atom. The molecule has 0 bridgehead atoms. The Balaban J connectivity index is 2.46.